The highest BCUT2D eigenvalue weighted by Crippen LogP contribution is 2.45. The number of carboxylic acid groups (broad SMARTS) is 1. The van der Waals surface area contributed by atoms with Crippen molar-refractivity contribution in [2.75, 3.05) is 25.0 Å². The van der Waals surface area contributed by atoms with Gasteiger partial charge in [-0.25, -0.2) is 29.3 Å². The quantitative estimate of drug-likeness (QED) is 0.308. The number of amides is 3. The molecule has 4 N–H and O–H groups in total. The molecular formula is C26H29N7O7. The van der Waals surface area contributed by atoms with E-state index in [0.717, 1.165) is 5.56 Å². The van der Waals surface area contributed by atoms with Crippen LogP contribution < -0.4 is 16.0 Å². The molecule has 40 heavy (non-hydrogen) atoms. The van der Waals surface area contributed by atoms with Gasteiger partial charge in [-0.1, -0.05) is 36.4 Å². The van der Waals surface area contributed by atoms with Gasteiger partial charge >= 0.3 is 18.1 Å². The van der Waals surface area contributed by atoms with Gasteiger partial charge in [0.05, 0.1) is 18.5 Å². The second-order valence-corrected chi connectivity index (χ2v) is 9.28. The number of urea groups is 1. The summed E-state index contributed by atoms with van der Waals surface area (Å²) >= 11 is 0. The lowest BCUT2D eigenvalue weighted by molar-refractivity contribution is -0.140. The van der Waals surface area contributed by atoms with E-state index < -0.39 is 37.1 Å². The van der Waals surface area contributed by atoms with Crippen LogP contribution >= 0.6 is 0 Å². The maximum atomic E-state index is 12.1. The fraction of sp³-hybridized carbons (Fsp3) is 0.385. The average molecular weight is 552 g/mol. The SMILES string of the molecule is CCNC(=O)Nc1ncnc2c1ncn2C1CC(CNC(=O)OCC(=O)O)C2O[C@H](/C=C/c3ccccc3)OC21. The molecule has 5 atom stereocenters. The molecule has 210 valence electrons. The summed E-state index contributed by atoms with van der Waals surface area (Å²) in [6, 6.07) is 9.07. The highest BCUT2D eigenvalue weighted by Gasteiger charge is 2.52. The number of nitrogens with one attached hydrogen (secondary N) is 3. The van der Waals surface area contributed by atoms with E-state index in [4.69, 9.17) is 19.3 Å². The standard InChI is InChI=1S/C26H29N7O7/c1-2-27-25(36)32-23-20-24(30-13-29-23)33(14-31-20)17-10-16(11-28-26(37)38-12-18(34)35)21-22(17)40-19(39-21)9-8-15-6-4-3-5-7-15/h3-9,13-14,16-17,19,21-22H,2,10-12H2,1H3,(H,28,37)(H,34,35)(H2,27,29,30,32,36)/b9-8+/t16?,17?,19-,21?,22?/m0/s1. The van der Waals surface area contributed by atoms with Crippen molar-refractivity contribution in [2.24, 2.45) is 5.92 Å². The average Bonchev–Trinajstić information content (AvgIpc) is 3.64. The van der Waals surface area contributed by atoms with Crippen LogP contribution in [0.4, 0.5) is 15.4 Å². The molecule has 0 spiro atoms. The van der Waals surface area contributed by atoms with Crippen LogP contribution in [0.1, 0.15) is 24.9 Å². The molecule has 5 rings (SSSR count). The van der Waals surface area contributed by atoms with Crippen molar-refractivity contribution in [3.05, 3.63) is 54.6 Å². The highest BCUT2D eigenvalue weighted by molar-refractivity contribution is 5.95. The Balaban J connectivity index is 1.37. The van der Waals surface area contributed by atoms with Crippen molar-refractivity contribution in [2.45, 2.75) is 37.9 Å². The number of carbonyl (C=O) groups excluding carboxylic acids is 2. The maximum Gasteiger partial charge on any atom is 0.407 e. The lowest BCUT2D eigenvalue weighted by Crippen LogP contribution is -2.35. The van der Waals surface area contributed by atoms with E-state index in [-0.39, 0.29) is 30.4 Å². The number of aromatic nitrogens is 4. The minimum absolute atomic E-state index is 0.181. The lowest BCUT2D eigenvalue weighted by atomic mass is 10.1. The Bertz CT molecular complexity index is 1400. The van der Waals surface area contributed by atoms with Gasteiger partial charge in [-0.2, -0.15) is 0 Å². The van der Waals surface area contributed by atoms with Gasteiger partial charge in [-0.15, -0.1) is 0 Å². The van der Waals surface area contributed by atoms with E-state index >= 15 is 0 Å². The monoisotopic (exact) mass is 551 g/mol. The molecule has 2 aliphatic rings. The van der Waals surface area contributed by atoms with Gasteiger partial charge in [0.1, 0.15) is 12.4 Å². The van der Waals surface area contributed by atoms with E-state index in [1.807, 2.05) is 54.0 Å². The molecule has 2 fully saturated rings. The predicted molar refractivity (Wildman–Crippen MR) is 141 cm³/mol. The summed E-state index contributed by atoms with van der Waals surface area (Å²) in [5.41, 5.74) is 1.92. The first kappa shape index (κ1) is 27.0. The number of hydrogen-bond acceptors (Lipinski definition) is 9. The van der Waals surface area contributed by atoms with Crippen LogP contribution in [0, 0.1) is 5.92 Å². The molecule has 14 heteroatoms. The predicted octanol–water partition coefficient (Wildman–Crippen LogP) is 2.16. The summed E-state index contributed by atoms with van der Waals surface area (Å²) in [7, 11) is 0. The van der Waals surface area contributed by atoms with Crippen LogP contribution in [-0.2, 0) is 19.0 Å². The summed E-state index contributed by atoms with van der Waals surface area (Å²) in [6.07, 6.45) is 5.01. The molecule has 1 aromatic carbocycles. The number of hydrogen-bond donors (Lipinski definition) is 4. The molecule has 2 aromatic heterocycles. The van der Waals surface area contributed by atoms with Gasteiger partial charge in [0, 0.05) is 19.0 Å². The first-order valence-electron chi connectivity index (χ1n) is 12.8. The third-order valence-corrected chi connectivity index (χ3v) is 6.66. The number of anilines is 1. The molecule has 3 amide bonds. The van der Waals surface area contributed by atoms with E-state index in [1.54, 1.807) is 6.33 Å². The zero-order chi connectivity index (χ0) is 28.1. The lowest BCUT2D eigenvalue weighted by Gasteiger charge is -2.19. The molecule has 0 bridgehead atoms. The molecule has 1 aliphatic carbocycles. The second kappa shape index (κ2) is 12.1. The van der Waals surface area contributed by atoms with Gasteiger partial charge in [0.2, 0.25) is 0 Å². The van der Waals surface area contributed by atoms with Crippen LogP contribution in [0.25, 0.3) is 17.2 Å². The zero-order valence-electron chi connectivity index (χ0n) is 21.6. The van der Waals surface area contributed by atoms with Crippen molar-refractivity contribution in [1.82, 2.24) is 30.2 Å². The Morgan fingerprint density at radius 3 is 2.70 bits per heavy atom. The van der Waals surface area contributed by atoms with Gasteiger partial charge < -0.3 is 34.5 Å². The Labute approximate surface area is 228 Å². The Kier molecular flexibility index (Phi) is 8.17. The van der Waals surface area contributed by atoms with E-state index in [1.165, 1.54) is 6.33 Å². The normalized spacial score (nSPS) is 23.7. The third-order valence-electron chi connectivity index (χ3n) is 6.66. The van der Waals surface area contributed by atoms with Crippen molar-refractivity contribution >= 4 is 41.2 Å². The van der Waals surface area contributed by atoms with Gasteiger partial charge in [-0.05, 0) is 25.0 Å². The molecular weight excluding hydrogens is 522 g/mol. The molecule has 1 saturated carbocycles. The third kappa shape index (κ3) is 6.02. The van der Waals surface area contributed by atoms with Crippen molar-refractivity contribution in [3.63, 3.8) is 0 Å². The number of carboxylic acids is 1. The summed E-state index contributed by atoms with van der Waals surface area (Å²) in [6.45, 7) is 1.71. The number of benzene rings is 1. The number of carbonyl (C=O) groups is 3. The van der Waals surface area contributed by atoms with Crippen LogP contribution in [0.3, 0.4) is 0 Å². The van der Waals surface area contributed by atoms with E-state index in [9.17, 15) is 14.4 Å². The summed E-state index contributed by atoms with van der Waals surface area (Å²) in [4.78, 5) is 47.9. The van der Waals surface area contributed by atoms with Crippen molar-refractivity contribution in [3.8, 4) is 0 Å². The van der Waals surface area contributed by atoms with Crippen LogP contribution in [-0.4, -0.2) is 80.9 Å². The molecule has 3 heterocycles. The van der Waals surface area contributed by atoms with Gasteiger partial charge in [0.15, 0.2) is 29.9 Å². The minimum Gasteiger partial charge on any atom is -0.479 e. The molecule has 1 saturated heterocycles. The highest BCUT2D eigenvalue weighted by atomic mass is 16.7. The molecule has 0 radical (unpaired) electrons. The summed E-state index contributed by atoms with van der Waals surface area (Å²) in [5, 5.41) is 16.7. The minimum atomic E-state index is -1.24. The zero-order valence-corrected chi connectivity index (χ0v) is 21.6. The smallest absolute Gasteiger partial charge is 0.407 e. The maximum absolute atomic E-state index is 12.1. The Morgan fingerprint density at radius 2 is 1.93 bits per heavy atom. The van der Waals surface area contributed by atoms with Gasteiger partial charge in [-0.3, -0.25) is 5.32 Å². The largest absolute Gasteiger partial charge is 0.479 e. The second-order valence-electron chi connectivity index (χ2n) is 9.28. The summed E-state index contributed by atoms with van der Waals surface area (Å²) < 4.78 is 19.2. The fourth-order valence-electron chi connectivity index (χ4n) is 4.97. The van der Waals surface area contributed by atoms with Gasteiger partial charge in [0.25, 0.3) is 0 Å². The number of fused-ring (bicyclic) bond motifs is 2. The topological polar surface area (TPSA) is 179 Å². The van der Waals surface area contributed by atoms with Crippen LogP contribution in [0.5, 0.6) is 0 Å². The number of nitrogens with zero attached hydrogens (tertiary/aromatic N) is 4. The first-order chi connectivity index (χ1) is 19.4. The number of rotatable bonds is 9. The molecule has 14 nitrogen and oxygen atoms in total. The molecule has 1 aliphatic heterocycles. The Hall–Kier alpha value is -4.56. The van der Waals surface area contributed by atoms with Crippen molar-refractivity contribution in [1.29, 1.82) is 0 Å². The number of alkyl carbamates (subject to hydrolysis) is 1. The number of aliphatic carboxylic acids is 1. The fourth-order valence-corrected chi connectivity index (χ4v) is 4.97. The molecule has 4 unspecified atom stereocenters. The number of ether oxygens (including phenoxy) is 3. The number of imidazole rings is 1. The van der Waals surface area contributed by atoms with Crippen LogP contribution in [0.15, 0.2) is 49.1 Å². The van der Waals surface area contributed by atoms with Crippen LogP contribution in [0.2, 0.25) is 0 Å². The molecule has 3 aromatic rings. The Morgan fingerprint density at radius 1 is 1.12 bits per heavy atom. The van der Waals surface area contributed by atoms with Crippen molar-refractivity contribution < 1.29 is 33.7 Å². The van der Waals surface area contributed by atoms with E-state index in [0.29, 0.717) is 24.1 Å². The van der Waals surface area contributed by atoms with E-state index in [2.05, 4.69) is 30.9 Å². The summed E-state index contributed by atoms with van der Waals surface area (Å²) in [5.74, 6) is -1.16. The first-order valence-corrected chi connectivity index (χ1v) is 12.8.